The molecule has 0 saturated carbocycles. The van der Waals surface area contributed by atoms with Gasteiger partial charge in [0.25, 0.3) is 0 Å². The highest BCUT2D eigenvalue weighted by Gasteiger charge is 2.11. The van der Waals surface area contributed by atoms with Crippen molar-refractivity contribution in [1.29, 1.82) is 0 Å². The molecule has 1 aromatic carbocycles. The van der Waals surface area contributed by atoms with Crippen molar-refractivity contribution in [3.63, 3.8) is 0 Å². The highest BCUT2D eigenvalue weighted by atomic mass is 19.1. The summed E-state index contributed by atoms with van der Waals surface area (Å²) >= 11 is 0. The van der Waals surface area contributed by atoms with Gasteiger partial charge >= 0.3 is 0 Å². The highest BCUT2D eigenvalue weighted by Crippen LogP contribution is 2.22. The van der Waals surface area contributed by atoms with Gasteiger partial charge < -0.3 is 5.11 Å². The average Bonchev–Trinajstić information content (AvgIpc) is 2.33. The third-order valence-electron chi connectivity index (χ3n) is 2.51. The number of pyridine rings is 1. The molecule has 0 fully saturated rings. The van der Waals surface area contributed by atoms with E-state index in [4.69, 9.17) is 0 Å². The Morgan fingerprint density at radius 3 is 2.69 bits per heavy atom. The second kappa shape index (κ2) is 4.41. The standard InChI is InChI=1S/C13H12FNO/c1-9-4-5-10(7-12(9)14)13(16)11-3-2-6-15-8-11/h2-8,13,16H,1H3. The van der Waals surface area contributed by atoms with Crippen LogP contribution < -0.4 is 0 Å². The van der Waals surface area contributed by atoms with E-state index in [-0.39, 0.29) is 5.82 Å². The summed E-state index contributed by atoms with van der Waals surface area (Å²) in [6.07, 6.45) is 2.37. The van der Waals surface area contributed by atoms with Crippen molar-refractivity contribution in [3.8, 4) is 0 Å². The van der Waals surface area contributed by atoms with Crippen LogP contribution in [0.15, 0.2) is 42.7 Å². The van der Waals surface area contributed by atoms with Crippen LogP contribution in [0.1, 0.15) is 22.8 Å². The van der Waals surface area contributed by atoms with Gasteiger partial charge in [-0.15, -0.1) is 0 Å². The normalized spacial score (nSPS) is 12.4. The molecule has 3 heteroatoms. The summed E-state index contributed by atoms with van der Waals surface area (Å²) in [5.74, 6) is -0.305. The van der Waals surface area contributed by atoms with E-state index in [1.807, 2.05) is 0 Å². The fourth-order valence-corrected chi connectivity index (χ4v) is 1.51. The Labute approximate surface area is 93.4 Å². The van der Waals surface area contributed by atoms with Crippen LogP contribution in [0, 0.1) is 12.7 Å². The molecule has 2 aromatic rings. The highest BCUT2D eigenvalue weighted by molar-refractivity contribution is 5.30. The van der Waals surface area contributed by atoms with Crippen molar-refractivity contribution in [3.05, 3.63) is 65.2 Å². The lowest BCUT2D eigenvalue weighted by Crippen LogP contribution is -2.01. The van der Waals surface area contributed by atoms with E-state index in [0.29, 0.717) is 16.7 Å². The summed E-state index contributed by atoms with van der Waals surface area (Å²) in [6, 6.07) is 8.23. The molecule has 0 spiro atoms. The van der Waals surface area contributed by atoms with Crippen molar-refractivity contribution in [2.24, 2.45) is 0 Å². The molecule has 1 aromatic heterocycles. The summed E-state index contributed by atoms with van der Waals surface area (Å²) in [6.45, 7) is 1.69. The lowest BCUT2D eigenvalue weighted by Gasteiger charge is -2.11. The first-order valence-electron chi connectivity index (χ1n) is 5.02. The van der Waals surface area contributed by atoms with Gasteiger partial charge in [-0.05, 0) is 30.2 Å². The lowest BCUT2D eigenvalue weighted by atomic mass is 10.0. The molecule has 82 valence electrons. The van der Waals surface area contributed by atoms with E-state index >= 15 is 0 Å². The third kappa shape index (κ3) is 2.09. The Morgan fingerprint density at radius 2 is 2.06 bits per heavy atom. The van der Waals surface area contributed by atoms with Gasteiger partial charge in [-0.1, -0.05) is 18.2 Å². The summed E-state index contributed by atoms with van der Waals surface area (Å²) < 4.78 is 13.3. The van der Waals surface area contributed by atoms with Crippen molar-refractivity contribution < 1.29 is 9.50 Å². The number of aliphatic hydroxyl groups is 1. The third-order valence-corrected chi connectivity index (χ3v) is 2.51. The molecular formula is C13H12FNO. The van der Waals surface area contributed by atoms with Gasteiger partial charge in [-0.2, -0.15) is 0 Å². The van der Waals surface area contributed by atoms with Gasteiger partial charge in [-0.25, -0.2) is 4.39 Å². The fraction of sp³-hybridized carbons (Fsp3) is 0.154. The molecule has 0 aliphatic carbocycles. The zero-order valence-corrected chi connectivity index (χ0v) is 8.89. The Balaban J connectivity index is 2.34. The van der Waals surface area contributed by atoms with Gasteiger partial charge in [-0.3, -0.25) is 4.98 Å². The Hall–Kier alpha value is -1.74. The second-order valence-corrected chi connectivity index (χ2v) is 3.70. The number of aryl methyl sites for hydroxylation is 1. The Bertz CT molecular complexity index is 485. The van der Waals surface area contributed by atoms with Crippen molar-refractivity contribution in [1.82, 2.24) is 4.98 Å². The zero-order valence-electron chi connectivity index (χ0n) is 8.89. The van der Waals surface area contributed by atoms with E-state index in [1.165, 1.54) is 6.07 Å². The Kier molecular flexibility index (Phi) is 2.97. The molecule has 0 bridgehead atoms. The monoisotopic (exact) mass is 217 g/mol. The largest absolute Gasteiger partial charge is 0.384 e. The van der Waals surface area contributed by atoms with Crippen LogP contribution in [0.2, 0.25) is 0 Å². The summed E-state index contributed by atoms with van der Waals surface area (Å²) in [5, 5.41) is 10.0. The van der Waals surface area contributed by atoms with E-state index < -0.39 is 6.10 Å². The maximum atomic E-state index is 13.3. The predicted octanol–water partition coefficient (Wildman–Crippen LogP) is 2.61. The molecule has 0 aliphatic rings. The number of hydrogen-bond donors (Lipinski definition) is 1. The predicted molar refractivity (Wildman–Crippen MR) is 59.4 cm³/mol. The minimum atomic E-state index is -0.830. The van der Waals surface area contributed by atoms with E-state index in [0.717, 1.165) is 0 Å². The first-order valence-corrected chi connectivity index (χ1v) is 5.02. The zero-order chi connectivity index (χ0) is 11.5. The molecule has 2 rings (SSSR count). The number of hydrogen-bond acceptors (Lipinski definition) is 2. The quantitative estimate of drug-likeness (QED) is 0.838. The maximum Gasteiger partial charge on any atom is 0.126 e. The summed E-state index contributed by atoms with van der Waals surface area (Å²) in [5.41, 5.74) is 1.77. The van der Waals surface area contributed by atoms with E-state index in [2.05, 4.69) is 4.98 Å². The topological polar surface area (TPSA) is 33.1 Å². The van der Waals surface area contributed by atoms with Crippen LogP contribution in [0.5, 0.6) is 0 Å². The molecule has 0 amide bonds. The van der Waals surface area contributed by atoms with Crippen molar-refractivity contribution in [2.45, 2.75) is 13.0 Å². The number of benzene rings is 1. The number of rotatable bonds is 2. The molecule has 0 aliphatic heterocycles. The molecule has 0 radical (unpaired) electrons. The van der Waals surface area contributed by atoms with Gasteiger partial charge in [0.2, 0.25) is 0 Å². The van der Waals surface area contributed by atoms with Gasteiger partial charge in [0, 0.05) is 18.0 Å². The number of nitrogens with zero attached hydrogens (tertiary/aromatic N) is 1. The molecular weight excluding hydrogens is 205 g/mol. The average molecular weight is 217 g/mol. The number of aliphatic hydroxyl groups excluding tert-OH is 1. The first-order chi connectivity index (χ1) is 7.68. The minimum Gasteiger partial charge on any atom is -0.384 e. The molecule has 1 heterocycles. The van der Waals surface area contributed by atoms with Gasteiger partial charge in [0.1, 0.15) is 11.9 Å². The lowest BCUT2D eigenvalue weighted by molar-refractivity contribution is 0.219. The number of halogens is 1. The molecule has 1 unspecified atom stereocenters. The van der Waals surface area contributed by atoms with E-state index in [1.54, 1.807) is 43.6 Å². The SMILES string of the molecule is Cc1ccc(C(O)c2cccnc2)cc1F. The first kappa shape index (κ1) is 10.8. The van der Waals surface area contributed by atoms with Crippen molar-refractivity contribution >= 4 is 0 Å². The molecule has 2 nitrogen and oxygen atoms in total. The minimum absolute atomic E-state index is 0.305. The number of aromatic nitrogens is 1. The van der Waals surface area contributed by atoms with E-state index in [9.17, 15) is 9.50 Å². The van der Waals surface area contributed by atoms with Gasteiger partial charge in [0.05, 0.1) is 0 Å². The fourth-order valence-electron chi connectivity index (χ4n) is 1.51. The van der Waals surface area contributed by atoms with Crippen LogP contribution in [-0.2, 0) is 0 Å². The van der Waals surface area contributed by atoms with Crippen molar-refractivity contribution in [2.75, 3.05) is 0 Å². The summed E-state index contributed by atoms with van der Waals surface area (Å²) in [7, 11) is 0. The molecule has 0 saturated heterocycles. The second-order valence-electron chi connectivity index (χ2n) is 3.70. The van der Waals surface area contributed by atoms with Crippen LogP contribution >= 0.6 is 0 Å². The maximum absolute atomic E-state index is 13.3. The molecule has 1 N–H and O–H groups in total. The van der Waals surface area contributed by atoms with Gasteiger partial charge in [0.15, 0.2) is 0 Å². The van der Waals surface area contributed by atoms with Crippen LogP contribution in [0.4, 0.5) is 4.39 Å². The smallest absolute Gasteiger partial charge is 0.126 e. The van der Waals surface area contributed by atoms with Crippen LogP contribution in [0.25, 0.3) is 0 Å². The Morgan fingerprint density at radius 1 is 1.25 bits per heavy atom. The summed E-state index contributed by atoms with van der Waals surface area (Å²) in [4.78, 5) is 3.92. The van der Waals surface area contributed by atoms with Crippen LogP contribution in [-0.4, -0.2) is 10.1 Å². The van der Waals surface area contributed by atoms with Crippen LogP contribution in [0.3, 0.4) is 0 Å². The molecule has 16 heavy (non-hydrogen) atoms. The molecule has 1 atom stereocenters.